The monoisotopic (exact) mass is 266 g/mol. The van der Waals surface area contributed by atoms with Crippen LogP contribution in [-0.4, -0.2) is 62.1 Å². The van der Waals surface area contributed by atoms with Crippen molar-refractivity contribution < 1.29 is 8.42 Å². The summed E-state index contributed by atoms with van der Waals surface area (Å²) in [7, 11) is -1.07. The van der Waals surface area contributed by atoms with Crippen LogP contribution in [-0.2, 0) is 9.84 Å². The number of hydrogen-bond acceptors (Lipinski definition) is 5. The van der Waals surface area contributed by atoms with Crippen LogP contribution in [0.2, 0.25) is 0 Å². The number of likely N-dealkylation sites (N-methyl/N-ethyl adjacent to an activating group) is 1. The SMILES string of the molecule is CNC(C)(C)CN1CCSCC1S(C)(=O)=O. The minimum absolute atomic E-state index is 0.0506. The first kappa shape index (κ1) is 14.3. The Morgan fingerprint density at radius 2 is 2.12 bits per heavy atom. The number of sulfone groups is 1. The van der Waals surface area contributed by atoms with E-state index < -0.39 is 9.84 Å². The van der Waals surface area contributed by atoms with Gasteiger partial charge in [-0.1, -0.05) is 0 Å². The van der Waals surface area contributed by atoms with Crippen LogP contribution in [0.15, 0.2) is 0 Å². The molecule has 0 bridgehead atoms. The predicted molar refractivity (Wildman–Crippen MR) is 70.7 cm³/mol. The predicted octanol–water partition coefficient (Wildman–Crippen LogP) is 0.404. The standard InChI is InChI=1S/C10H22N2O2S2/c1-10(2,11-3)8-12-5-6-15-7-9(12)16(4,13)14/h9,11H,5-8H2,1-4H3. The normalized spacial score (nSPS) is 24.6. The van der Waals surface area contributed by atoms with E-state index in [1.54, 1.807) is 11.8 Å². The van der Waals surface area contributed by atoms with E-state index in [0.717, 1.165) is 18.8 Å². The molecular formula is C10H22N2O2S2. The lowest BCUT2D eigenvalue weighted by Gasteiger charge is -2.39. The first-order chi connectivity index (χ1) is 7.26. The lowest BCUT2D eigenvalue weighted by molar-refractivity contribution is 0.204. The van der Waals surface area contributed by atoms with Crippen LogP contribution < -0.4 is 5.32 Å². The Morgan fingerprint density at radius 1 is 1.50 bits per heavy atom. The van der Waals surface area contributed by atoms with Crippen molar-refractivity contribution in [3.8, 4) is 0 Å². The van der Waals surface area contributed by atoms with Crippen LogP contribution in [0.25, 0.3) is 0 Å². The van der Waals surface area contributed by atoms with Crippen molar-refractivity contribution in [2.75, 3.05) is 37.9 Å². The molecule has 0 aromatic rings. The summed E-state index contributed by atoms with van der Waals surface area (Å²) in [5, 5.41) is 2.90. The minimum Gasteiger partial charge on any atom is -0.314 e. The van der Waals surface area contributed by atoms with Crippen LogP contribution in [0.4, 0.5) is 0 Å². The molecule has 1 unspecified atom stereocenters. The van der Waals surface area contributed by atoms with Gasteiger partial charge in [0.1, 0.15) is 5.37 Å². The van der Waals surface area contributed by atoms with Gasteiger partial charge in [0.25, 0.3) is 0 Å². The largest absolute Gasteiger partial charge is 0.314 e. The fraction of sp³-hybridized carbons (Fsp3) is 1.00. The van der Waals surface area contributed by atoms with Crippen LogP contribution in [0.1, 0.15) is 13.8 Å². The second kappa shape index (κ2) is 5.25. The number of nitrogens with one attached hydrogen (secondary N) is 1. The van der Waals surface area contributed by atoms with E-state index in [-0.39, 0.29) is 10.9 Å². The van der Waals surface area contributed by atoms with E-state index >= 15 is 0 Å². The highest BCUT2D eigenvalue weighted by Crippen LogP contribution is 2.22. The molecule has 1 aliphatic rings. The summed E-state index contributed by atoms with van der Waals surface area (Å²) >= 11 is 1.73. The Labute approximate surface area is 103 Å². The molecule has 0 radical (unpaired) electrons. The van der Waals surface area contributed by atoms with Crippen molar-refractivity contribution in [3.05, 3.63) is 0 Å². The topological polar surface area (TPSA) is 49.4 Å². The summed E-state index contributed by atoms with van der Waals surface area (Å²) < 4.78 is 23.4. The van der Waals surface area contributed by atoms with Crippen LogP contribution in [0, 0.1) is 0 Å². The molecule has 4 nitrogen and oxygen atoms in total. The summed E-state index contributed by atoms with van der Waals surface area (Å²) in [6.07, 6.45) is 1.34. The molecule has 96 valence electrons. The van der Waals surface area contributed by atoms with Gasteiger partial charge in [-0.2, -0.15) is 11.8 Å². The first-order valence-electron chi connectivity index (χ1n) is 5.46. The molecule has 0 aromatic heterocycles. The third-order valence-electron chi connectivity index (χ3n) is 2.96. The van der Waals surface area contributed by atoms with E-state index in [2.05, 4.69) is 24.1 Å². The molecule has 1 aliphatic heterocycles. The average Bonchev–Trinajstić information content (AvgIpc) is 2.16. The number of hydrogen-bond donors (Lipinski definition) is 1. The van der Waals surface area contributed by atoms with E-state index in [0.29, 0.717) is 5.75 Å². The van der Waals surface area contributed by atoms with Gasteiger partial charge >= 0.3 is 0 Å². The highest BCUT2D eigenvalue weighted by atomic mass is 32.2. The zero-order valence-electron chi connectivity index (χ0n) is 10.5. The lowest BCUT2D eigenvalue weighted by Crippen LogP contribution is -2.55. The smallest absolute Gasteiger partial charge is 0.164 e. The van der Waals surface area contributed by atoms with Gasteiger partial charge in [-0.3, -0.25) is 4.90 Å². The van der Waals surface area contributed by atoms with E-state index in [4.69, 9.17) is 0 Å². The van der Waals surface area contributed by atoms with Gasteiger partial charge in [-0.15, -0.1) is 0 Å². The lowest BCUT2D eigenvalue weighted by atomic mass is 10.1. The first-order valence-corrected chi connectivity index (χ1v) is 8.57. The molecule has 0 amide bonds. The summed E-state index contributed by atoms with van der Waals surface area (Å²) in [4.78, 5) is 2.09. The van der Waals surface area contributed by atoms with Gasteiger partial charge in [0.15, 0.2) is 9.84 Å². The molecule has 1 fully saturated rings. The molecule has 1 rings (SSSR count). The Balaban J connectivity index is 2.76. The molecule has 1 N–H and O–H groups in total. The van der Waals surface area contributed by atoms with Gasteiger partial charge in [0.2, 0.25) is 0 Å². The van der Waals surface area contributed by atoms with Crippen LogP contribution >= 0.6 is 11.8 Å². The third-order valence-corrected chi connectivity index (χ3v) is 5.65. The Bertz CT molecular complexity index is 328. The maximum atomic E-state index is 11.7. The molecule has 16 heavy (non-hydrogen) atoms. The zero-order valence-corrected chi connectivity index (χ0v) is 12.1. The van der Waals surface area contributed by atoms with Gasteiger partial charge in [-0.05, 0) is 20.9 Å². The summed E-state index contributed by atoms with van der Waals surface area (Å²) in [5.41, 5.74) is -0.0506. The van der Waals surface area contributed by atoms with E-state index in [1.807, 2.05) is 7.05 Å². The molecule has 1 atom stereocenters. The third kappa shape index (κ3) is 3.91. The highest BCUT2D eigenvalue weighted by molar-refractivity contribution is 8.00. The maximum absolute atomic E-state index is 11.7. The Hall–Kier alpha value is 0.220. The molecule has 0 saturated carbocycles. The quantitative estimate of drug-likeness (QED) is 0.798. The van der Waals surface area contributed by atoms with E-state index in [1.165, 1.54) is 6.26 Å². The molecule has 1 heterocycles. The van der Waals surface area contributed by atoms with Crippen molar-refractivity contribution in [2.24, 2.45) is 0 Å². The fourth-order valence-electron chi connectivity index (χ4n) is 1.78. The number of nitrogens with zero attached hydrogens (tertiary/aromatic N) is 1. The van der Waals surface area contributed by atoms with Gasteiger partial charge in [0.05, 0.1) is 0 Å². The van der Waals surface area contributed by atoms with Gasteiger partial charge in [0, 0.05) is 36.4 Å². The van der Waals surface area contributed by atoms with E-state index in [9.17, 15) is 8.42 Å². The average molecular weight is 266 g/mol. The zero-order chi connectivity index (χ0) is 12.4. The molecule has 0 spiro atoms. The fourth-order valence-corrected chi connectivity index (χ4v) is 4.72. The summed E-state index contributed by atoms with van der Waals surface area (Å²) in [6, 6.07) is 0. The van der Waals surface area contributed by atoms with Crippen molar-refractivity contribution in [3.63, 3.8) is 0 Å². The molecule has 0 aromatic carbocycles. The molecular weight excluding hydrogens is 244 g/mol. The molecule has 0 aliphatic carbocycles. The second-order valence-electron chi connectivity index (χ2n) is 4.96. The van der Waals surface area contributed by atoms with Crippen LogP contribution in [0.5, 0.6) is 0 Å². The summed E-state index contributed by atoms with van der Waals surface area (Å²) in [5.74, 6) is 1.71. The highest BCUT2D eigenvalue weighted by Gasteiger charge is 2.33. The Morgan fingerprint density at radius 3 is 2.62 bits per heavy atom. The molecule has 6 heteroatoms. The summed E-state index contributed by atoms with van der Waals surface area (Å²) in [6.45, 7) is 5.80. The van der Waals surface area contributed by atoms with Gasteiger partial charge < -0.3 is 5.32 Å². The van der Waals surface area contributed by atoms with Crippen molar-refractivity contribution in [1.29, 1.82) is 0 Å². The number of thioether (sulfide) groups is 1. The van der Waals surface area contributed by atoms with Crippen LogP contribution in [0.3, 0.4) is 0 Å². The number of rotatable bonds is 4. The maximum Gasteiger partial charge on any atom is 0.164 e. The van der Waals surface area contributed by atoms with Crippen molar-refractivity contribution in [2.45, 2.75) is 24.8 Å². The minimum atomic E-state index is -2.98. The van der Waals surface area contributed by atoms with Crippen molar-refractivity contribution in [1.82, 2.24) is 10.2 Å². The van der Waals surface area contributed by atoms with Gasteiger partial charge in [-0.25, -0.2) is 8.42 Å². The second-order valence-corrected chi connectivity index (χ2v) is 8.32. The molecule has 1 saturated heterocycles. The van der Waals surface area contributed by atoms with Crippen molar-refractivity contribution >= 4 is 21.6 Å². The Kier molecular flexibility index (Phi) is 4.68.